The SMILES string of the molecule is CCOc1cc([C@H]2c3sc(=O)[nH]c3SC3C4CC(C5C(=O)N(C(C)C(=O)O)C(=O)C45)C32)ccc1OCC(=O)Nc1ccc2ccccc2c1. The minimum atomic E-state index is -1.23. The van der Waals surface area contributed by atoms with E-state index in [-0.39, 0.29) is 46.3 Å². The van der Waals surface area contributed by atoms with Crippen molar-refractivity contribution in [2.45, 2.75) is 42.5 Å². The fourth-order valence-corrected chi connectivity index (χ4v) is 11.5. The van der Waals surface area contributed by atoms with Crippen molar-refractivity contribution in [3.8, 4) is 11.5 Å². The van der Waals surface area contributed by atoms with Crippen LogP contribution in [0.25, 0.3) is 10.8 Å². The number of carbonyl (C=O) groups is 4. The number of carbonyl (C=O) groups excluding carboxylic acids is 3. The summed E-state index contributed by atoms with van der Waals surface area (Å²) in [4.78, 5) is 69.3. The Morgan fingerprint density at radius 1 is 0.980 bits per heavy atom. The highest BCUT2D eigenvalue weighted by atomic mass is 32.2. The number of aliphatic carboxylic acids is 1. The summed E-state index contributed by atoms with van der Waals surface area (Å²) < 4.78 is 12.0. The average Bonchev–Trinajstić information content (AvgIpc) is 3.82. The van der Waals surface area contributed by atoms with Crippen molar-refractivity contribution in [1.29, 1.82) is 0 Å². The van der Waals surface area contributed by atoms with Crippen molar-refractivity contribution in [1.82, 2.24) is 9.88 Å². The number of hydrogen-bond donors (Lipinski definition) is 3. The summed E-state index contributed by atoms with van der Waals surface area (Å²) in [6.45, 7) is 3.34. The molecule has 4 aromatic rings. The standard InChI is InChI=1S/C36H33N3O8S2/c1-3-46-24-13-19(9-11-23(24)47-15-25(40)37-20-10-8-17-6-4-5-7-18(17)12-20)26-27-21-14-22(30(27)48-32-31(26)49-36(45)38-32)29-28(21)33(41)39(34(29)42)16(2)35(43)44/h4-13,16,21-22,26-30H,3,14-15H2,1-2H3,(H,37,40)(H,38,45)(H,43,44)/t16?,21?,22?,26-,27?,28?,29?,30?/m1/s1. The summed E-state index contributed by atoms with van der Waals surface area (Å²) >= 11 is 2.71. The predicted molar refractivity (Wildman–Crippen MR) is 183 cm³/mol. The first-order valence-corrected chi connectivity index (χ1v) is 18.0. The first-order chi connectivity index (χ1) is 23.6. The molecule has 1 saturated heterocycles. The number of anilines is 1. The molecule has 2 saturated carbocycles. The molecule has 3 aromatic carbocycles. The average molecular weight is 700 g/mol. The Hall–Kier alpha value is -4.62. The fourth-order valence-electron chi connectivity index (χ4n) is 8.62. The van der Waals surface area contributed by atoms with E-state index in [0.717, 1.165) is 42.5 Å². The van der Waals surface area contributed by atoms with Gasteiger partial charge in [0.05, 0.1) is 23.5 Å². The molecule has 3 heterocycles. The number of nitrogens with one attached hydrogen (secondary N) is 2. The lowest BCUT2D eigenvalue weighted by Gasteiger charge is -2.43. The Bertz CT molecular complexity index is 2090. The van der Waals surface area contributed by atoms with Gasteiger partial charge in [-0.2, -0.15) is 0 Å². The highest BCUT2D eigenvalue weighted by molar-refractivity contribution is 8.00. The second-order valence-corrected chi connectivity index (χ2v) is 15.3. The Labute approximate surface area is 289 Å². The summed E-state index contributed by atoms with van der Waals surface area (Å²) in [5, 5.41) is 15.3. The van der Waals surface area contributed by atoms with Crippen molar-refractivity contribution in [2.24, 2.45) is 29.6 Å². The summed E-state index contributed by atoms with van der Waals surface area (Å²) in [6, 6.07) is 17.9. The van der Waals surface area contributed by atoms with Crippen molar-refractivity contribution < 1.29 is 33.8 Å². The zero-order valence-electron chi connectivity index (χ0n) is 26.6. The number of ether oxygens (including phenoxy) is 2. The third-order valence-corrected chi connectivity index (χ3v) is 13.1. The lowest BCUT2D eigenvalue weighted by molar-refractivity contribution is -0.154. The maximum absolute atomic E-state index is 13.7. The summed E-state index contributed by atoms with van der Waals surface area (Å²) in [5.74, 6) is -3.26. The molecule has 8 atom stereocenters. The summed E-state index contributed by atoms with van der Waals surface area (Å²) in [7, 11) is 0. The van der Waals surface area contributed by atoms with Gasteiger partial charge in [-0.05, 0) is 78.6 Å². The molecule has 2 aliphatic heterocycles. The number of carboxylic acids is 1. The van der Waals surface area contributed by atoms with Gasteiger partial charge in [-0.15, -0.1) is 11.8 Å². The number of thioether (sulfide) groups is 1. The molecule has 1 aromatic heterocycles. The highest BCUT2D eigenvalue weighted by Gasteiger charge is 2.70. The normalized spacial score (nSPS) is 27.1. The molecule has 8 rings (SSSR count). The number of benzene rings is 3. The Morgan fingerprint density at radius 3 is 2.49 bits per heavy atom. The zero-order valence-corrected chi connectivity index (χ0v) is 28.2. The van der Waals surface area contributed by atoms with Gasteiger partial charge in [-0.3, -0.25) is 24.1 Å². The van der Waals surface area contributed by atoms with Gasteiger partial charge in [0, 0.05) is 21.7 Å². The van der Waals surface area contributed by atoms with Crippen LogP contribution in [0.2, 0.25) is 0 Å². The number of rotatable bonds is 9. The van der Waals surface area contributed by atoms with Gasteiger partial charge in [0.25, 0.3) is 5.91 Å². The molecule has 0 spiro atoms. The second-order valence-electron chi connectivity index (χ2n) is 13.1. The van der Waals surface area contributed by atoms with Gasteiger partial charge in [-0.1, -0.05) is 47.7 Å². The Morgan fingerprint density at radius 2 is 1.73 bits per heavy atom. The fraction of sp³-hybridized carbons (Fsp3) is 0.361. The number of aromatic amines is 1. The predicted octanol–water partition coefficient (Wildman–Crippen LogP) is 4.95. The third-order valence-electron chi connectivity index (χ3n) is 10.5. The molecule has 4 aliphatic rings. The number of thiazole rings is 1. The van der Waals surface area contributed by atoms with Gasteiger partial charge < -0.3 is 24.9 Å². The van der Waals surface area contributed by atoms with Crippen molar-refractivity contribution in [2.75, 3.05) is 18.5 Å². The minimum Gasteiger partial charge on any atom is -0.490 e. The van der Waals surface area contributed by atoms with E-state index in [4.69, 9.17) is 9.47 Å². The summed E-state index contributed by atoms with van der Waals surface area (Å²) in [5.41, 5.74) is 1.54. The van der Waals surface area contributed by atoms with Crippen LogP contribution in [0, 0.1) is 29.6 Å². The largest absolute Gasteiger partial charge is 0.490 e. The van der Waals surface area contributed by atoms with Crippen LogP contribution in [0.15, 0.2) is 70.5 Å². The number of amides is 3. The molecule has 13 heteroatoms. The van der Waals surface area contributed by atoms with E-state index in [1.54, 1.807) is 17.8 Å². The minimum absolute atomic E-state index is 0.0453. The van der Waals surface area contributed by atoms with Crippen LogP contribution in [-0.4, -0.2) is 63.2 Å². The van der Waals surface area contributed by atoms with E-state index < -0.39 is 35.7 Å². The first kappa shape index (κ1) is 31.6. The monoisotopic (exact) mass is 699 g/mol. The molecule has 0 radical (unpaired) electrons. The molecular formula is C36H33N3O8S2. The van der Waals surface area contributed by atoms with E-state index in [0.29, 0.717) is 30.2 Å². The van der Waals surface area contributed by atoms with E-state index in [1.807, 2.05) is 61.5 Å². The van der Waals surface area contributed by atoms with Crippen LogP contribution < -0.4 is 19.7 Å². The lowest BCUT2D eigenvalue weighted by atomic mass is 9.68. The van der Waals surface area contributed by atoms with E-state index in [1.165, 1.54) is 6.92 Å². The Kier molecular flexibility index (Phi) is 7.79. The molecular weight excluding hydrogens is 667 g/mol. The van der Waals surface area contributed by atoms with Crippen LogP contribution in [0.5, 0.6) is 11.5 Å². The number of fused-ring (bicyclic) bond motifs is 10. The van der Waals surface area contributed by atoms with E-state index in [9.17, 15) is 29.1 Å². The van der Waals surface area contributed by atoms with Crippen LogP contribution in [0.1, 0.15) is 36.6 Å². The van der Waals surface area contributed by atoms with Gasteiger partial charge in [0.2, 0.25) is 11.8 Å². The van der Waals surface area contributed by atoms with E-state index >= 15 is 0 Å². The molecule has 49 heavy (non-hydrogen) atoms. The van der Waals surface area contributed by atoms with Crippen molar-refractivity contribution in [3.05, 3.63) is 80.8 Å². The van der Waals surface area contributed by atoms with Crippen LogP contribution >= 0.6 is 23.1 Å². The Balaban J connectivity index is 1.07. The number of aromatic nitrogens is 1. The second kappa shape index (κ2) is 12.1. The zero-order chi connectivity index (χ0) is 34.1. The smallest absolute Gasteiger partial charge is 0.326 e. The van der Waals surface area contributed by atoms with Gasteiger partial charge in [0.1, 0.15) is 6.04 Å². The van der Waals surface area contributed by atoms with Crippen LogP contribution in [0.3, 0.4) is 0 Å². The number of imide groups is 1. The topological polar surface area (TPSA) is 155 Å². The van der Waals surface area contributed by atoms with Gasteiger partial charge >= 0.3 is 10.8 Å². The van der Waals surface area contributed by atoms with Crippen LogP contribution in [-0.2, 0) is 19.2 Å². The molecule has 252 valence electrons. The molecule has 3 amide bonds. The summed E-state index contributed by atoms with van der Waals surface area (Å²) in [6.07, 6.45) is 0.686. The number of hydrogen-bond acceptors (Lipinski definition) is 9. The molecule has 3 fully saturated rings. The molecule has 2 aliphatic carbocycles. The first-order valence-electron chi connectivity index (χ1n) is 16.3. The highest BCUT2D eigenvalue weighted by Crippen LogP contribution is 2.68. The van der Waals surface area contributed by atoms with Gasteiger partial charge in [0.15, 0.2) is 18.1 Å². The maximum atomic E-state index is 13.7. The number of carboxylic acid groups (broad SMARTS) is 1. The van der Waals surface area contributed by atoms with Gasteiger partial charge in [-0.25, -0.2) is 4.79 Å². The maximum Gasteiger partial charge on any atom is 0.326 e. The molecule has 7 unspecified atom stereocenters. The molecule has 3 N–H and O–H groups in total. The van der Waals surface area contributed by atoms with Crippen molar-refractivity contribution >= 4 is 63.2 Å². The lowest BCUT2D eigenvalue weighted by Crippen LogP contribution is -2.44. The number of likely N-dealkylation sites (tertiary alicyclic amines) is 1. The van der Waals surface area contributed by atoms with Crippen LogP contribution in [0.4, 0.5) is 5.69 Å². The van der Waals surface area contributed by atoms with Crippen molar-refractivity contribution in [3.63, 3.8) is 0 Å². The number of H-pyrrole nitrogens is 1. The molecule has 11 nitrogen and oxygen atoms in total. The van der Waals surface area contributed by atoms with E-state index in [2.05, 4.69) is 10.3 Å². The third kappa shape index (κ3) is 5.13. The quantitative estimate of drug-likeness (QED) is 0.206. The number of nitrogens with zero attached hydrogens (tertiary/aromatic N) is 1. The molecule has 2 bridgehead atoms.